The number of alkyl halides is 7. The molecule has 0 saturated heterocycles. The van der Waals surface area contributed by atoms with E-state index in [0.717, 1.165) is 13.8 Å². The molecule has 2 aromatic carbocycles. The van der Waals surface area contributed by atoms with E-state index in [0.29, 0.717) is 24.0 Å². The maximum absolute atomic E-state index is 13.2. The molecule has 1 saturated carbocycles. The molecule has 0 radical (unpaired) electrons. The predicted molar refractivity (Wildman–Crippen MR) is 150 cm³/mol. The minimum atomic E-state index is -4.71. The first-order valence-corrected chi connectivity index (χ1v) is 14.4. The van der Waals surface area contributed by atoms with Crippen molar-refractivity contribution in [2.75, 3.05) is 6.61 Å². The van der Waals surface area contributed by atoms with Crippen molar-refractivity contribution in [1.82, 2.24) is 5.32 Å². The molecular weight excluding hydrogens is 619 g/mol. The van der Waals surface area contributed by atoms with Gasteiger partial charge < -0.3 is 10.1 Å². The molecule has 242 valence electrons. The molecular formula is C31H33ClF7NO4. The number of amides is 1. The van der Waals surface area contributed by atoms with Crippen LogP contribution in [0.4, 0.5) is 30.7 Å². The molecule has 0 unspecified atom stereocenters. The Kier molecular flexibility index (Phi) is 11.8. The molecule has 3 rings (SSSR count). The molecule has 0 bridgehead atoms. The summed E-state index contributed by atoms with van der Waals surface area (Å²) < 4.78 is 96.4. The summed E-state index contributed by atoms with van der Waals surface area (Å²) in [6.07, 6.45) is -9.65. The van der Waals surface area contributed by atoms with Crippen LogP contribution in [0.1, 0.15) is 77.8 Å². The Labute approximate surface area is 255 Å². The van der Waals surface area contributed by atoms with E-state index in [1.54, 1.807) is 0 Å². The van der Waals surface area contributed by atoms with E-state index in [1.165, 1.54) is 36.4 Å². The summed E-state index contributed by atoms with van der Waals surface area (Å²) in [6.45, 7) is 0.633. The number of benzene rings is 2. The zero-order chi connectivity index (χ0) is 32.8. The van der Waals surface area contributed by atoms with Crippen LogP contribution in [0, 0.1) is 11.3 Å². The second kappa shape index (κ2) is 14.8. The third-order valence-electron chi connectivity index (χ3n) is 7.86. The van der Waals surface area contributed by atoms with Gasteiger partial charge in [-0.1, -0.05) is 23.7 Å². The fourth-order valence-electron chi connectivity index (χ4n) is 4.87. The Morgan fingerprint density at radius 2 is 1.55 bits per heavy atom. The average molecular weight is 652 g/mol. The van der Waals surface area contributed by atoms with Crippen LogP contribution in [0.5, 0.6) is 5.75 Å². The molecule has 13 heteroatoms. The van der Waals surface area contributed by atoms with E-state index in [1.807, 2.05) is 0 Å². The molecule has 1 amide bonds. The van der Waals surface area contributed by atoms with Gasteiger partial charge >= 0.3 is 6.18 Å². The number of Topliss-reactive ketones (excluding diaryl/α,β-unsaturated/α-hetero) is 2. The van der Waals surface area contributed by atoms with Crippen LogP contribution in [0.3, 0.4) is 0 Å². The van der Waals surface area contributed by atoms with Crippen molar-refractivity contribution in [2.45, 2.75) is 83.9 Å². The Morgan fingerprint density at radius 3 is 2.14 bits per heavy atom. The first kappa shape index (κ1) is 35.3. The number of nitrogens with one attached hydrogen (secondary N) is 1. The van der Waals surface area contributed by atoms with Crippen LogP contribution in [-0.4, -0.2) is 49.1 Å². The van der Waals surface area contributed by atoms with Crippen LogP contribution < -0.4 is 10.1 Å². The number of rotatable bonds is 13. The van der Waals surface area contributed by atoms with Crippen LogP contribution in [-0.2, 0) is 17.6 Å². The number of hydrogen-bond acceptors (Lipinski definition) is 4. The van der Waals surface area contributed by atoms with Gasteiger partial charge in [0.1, 0.15) is 23.6 Å². The summed E-state index contributed by atoms with van der Waals surface area (Å²) in [7, 11) is 0. The third-order valence-corrected chi connectivity index (χ3v) is 8.19. The second-order valence-corrected chi connectivity index (χ2v) is 11.8. The Bertz CT molecular complexity index is 1340. The summed E-state index contributed by atoms with van der Waals surface area (Å²) in [4.78, 5) is 38.6. The lowest BCUT2D eigenvalue weighted by atomic mass is 9.84. The lowest BCUT2D eigenvalue weighted by molar-refractivity contribution is -0.210. The minimum absolute atomic E-state index is 0.0477. The highest BCUT2D eigenvalue weighted by molar-refractivity contribution is 6.34. The Balaban J connectivity index is 1.76. The van der Waals surface area contributed by atoms with Crippen molar-refractivity contribution in [3.05, 3.63) is 63.7 Å². The molecule has 1 aliphatic carbocycles. The van der Waals surface area contributed by atoms with Gasteiger partial charge in [0.15, 0.2) is 5.78 Å². The van der Waals surface area contributed by atoms with E-state index < -0.39 is 66.9 Å². The van der Waals surface area contributed by atoms with E-state index in [-0.39, 0.29) is 47.6 Å². The number of ketones is 2. The third kappa shape index (κ3) is 9.18. The largest absolute Gasteiger partial charge is 0.487 e. The molecule has 2 aromatic rings. The molecule has 0 aromatic heterocycles. The summed E-state index contributed by atoms with van der Waals surface area (Å²) in [5.74, 6) is -3.08. The molecule has 5 nitrogen and oxygen atoms in total. The van der Waals surface area contributed by atoms with Gasteiger partial charge in [-0.25, -0.2) is 17.6 Å². The monoisotopic (exact) mass is 651 g/mol. The molecule has 0 heterocycles. The normalized spacial score (nSPS) is 17.5. The van der Waals surface area contributed by atoms with Gasteiger partial charge in [-0.2, -0.15) is 13.2 Å². The summed E-state index contributed by atoms with van der Waals surface area (Å²) in [5.41, 5.74) is -1.86. The van der Waals surface area contributed by atoms with Crippen LogP contribution in [0.2, 0.25) is 5.02 Å². The van der Waals surface area contributed by atoms with E-state index in [4.69, 9.17) is 16.3 Å². The first-order valence-electron chi connectivity index (χ1n) is 14.0. The number of ether oxygens (including phenoxy) is 1. The standard InChI is InChI=1S/C31H33ClF7NO4/c1-30(2,31(37,38)39)26(42)12-5-17-3-10-23(32)21(13-17)24(41)15-18-4-11-25(44-16-27(33)34)22(14-18)29(43)40-20-8-6-19(7-9-20)28(35)36/h3-4,10-11,13-14,19-20,27-28H,5-9,12,15-16H2,1-2H3,(H,40,43). The minimum Gasteiger partial charge on any atom is -0.487 e. The molecule has 1 aliphatic rings. The highest BCUT2D eigenvalue weighted by Gasteiger charge is 2.51. The molecule has 0 spiro atoms. The molecule has 1 fully saturated rings. The van der Waals surface area contributed by atoms with E-state index in [2.05, 4.69) is 5.32 Å². The summed E-state index contributed by atoms with van der Waals surface area (Å²) in [5, 5.41) is 2.80. The quantitative estimate of drug-likeness (QED) is 0.176. The number of carbonyl (C=O) groups is 3. The molecule has 0 atom stereocenters. The van der Waals surface area contributed by atoms with Gasteiger partial charge in [0.25, 0.3) is 12.3 Å². The van der Waals surface area contributed by atoms with Crippen LogP contribution >= 0.6 is 11.6 Å². The number of carbonyl (C=O) groups excluding carboxylic acids is 3. The molecule has 0 aliphatic heterocycles. The van der Waals surface area contributed by atoms with Crippen molar-refractivity contribution >= 4 is 29.1 Å². The highest BCUT2D eigenvalue weighted by Crippen LogP contribution is 2.39. The predicted octanol–water partition coefficient (Wildman–Crippen LogP) is 8.05. The first-order chi connectivity index (χ1) is 20.5. The number of aryl methyl sites for hydroxylation is 1. The van der Waals surface area contributed by atoms with Crippen molar-refractivity contribution in [1.29, 1.82) is 0 Å². The van der Waals surface area contributed by atoms with Gasteiger partial charge in [0, 0.05) is 30.4 Å². The zero-order valence-corrected chi connectivity index (χ0v) is 24.8. The van der Waals surface area contributed by atoms with Gasteiger partial charge in [0.05, 0.1) is 10.6 Å². The summed E-state index contributed by atoms with van der Waals surface area (Å²) in [6, 6.07) is 7.89. The second-order valence-electron chi connectivity index (χ2n) is 11.4. The van der Waals surface area contributed by atoms with Crippen molar-refractivity contribution in [2.24, 2.45) is 11.3 Å². The number of halogens is 8. The highest BCUT2D eigenvalue weighted by atomic mass is 35.5. The van der Waals surface area contributed by atoms with Crippen LogP contribution in [0.25, 0.3) is 0 Å². The lowest BCUT2D eigenvalue weighted by Gasteiger charge is -2.28. The topological polar surface area (TPSA) is 72.5 Å². The van der Waals surface area contributed by atoms with Gasteiger partial charge in [-0.05, 0) is 81.3 Å². The lowest BCUT2D eigenvalue weighted by Crippen LogP contribution is -2.39. The van der Waals surface area contributed by atoms with Gasteiger partial charge in [-0.3, -0.25) is 14.4 Å². The SMILES string of the molecule is CC(C)(C(=O)CCc1ccc(Cl)c(C(=O)Cc2ccc(OCC(F)F)c(C(=O)NC3CCC(C(F)F)CC3)c2)c1)C(F)(F)F. The smallest absolute Gasteiger partial charge is 0.400 e. The van der Waals surface area contributed by atoms with E-state index >= 15 is 0 Å². The van der Waals surface area contributed by atoms with Crippen molar-refractivity contribution < 1.29 is 49.9 Å². The zero-order valence-electron chi connectivity index (χ0n) is 24.1. The molecule has 1 N–H and O–H groups in total. The van der Waals surface area contributed by atoms with Crippen LogP contribution in [0.15, 0.2) is 36.4 Å². The fourth-order valence-corrected chi connectivity index (χ4v) is 5.10. The number of hydrogen-bond donors (Lipinski definition) is 1. The van der Waals surface area contributed by atoms with Crippen molar-refractivity contribution in [3.8, 4) is 5.75 Å². The van der Waals surface area contributed by atoms with Crippen molar-refractivity contribution in [3.63, 3.8) is 0 Å². The molecule has 44 heavy (non-hydrogen) atoms. The maximum atomic E-state index is 13.2. The Morgan fingerprint density at radius 1 is 0.932 bits per heavy atom. The maximum Gasteiger partial charge on any atom is 0.400 e. The van der Waals surface area contributed by atoms with Gasteiger partial charge in [-0.15, -0.1) is 0 Å². The Hall–Kier alpha value is -3.15. The fraction of sp³-hybridized carbons (Fsp3) is 0.516. The average Bonchev–Trinajstić information content (AvgIpc) is 2.95. The summed E-state index contributed by atoms with van der Waals surface area (Å²) >= 11 is 6.23. The van der Waals surface area contributed by atoms with Gasteiger partial charge in [0.2, 0.25) is 6.43 Å². The van der Waals surface area contributed by atoms with E-state index in [9.17, 15) is 45.1 Å².